The van der Waals surface area contributed by atoms with E-state index >= 15 is 0 Å². The molecule has 4 aromatic rings. The van der Waals surface area contributed by atoms with Crippen LogP contribution in [0.25, 0.3) is 5.65 Å². The van der Waals surface area contributed by atoms with Crippen LogP contribution in [0.1, 0.15) is 12.6 Å². The molecule has 9 nitrogen and oxygen atoms in total. The average Bonchev–Trinajstić information content (AvgIpc) is 3.25. The lowest BCUT2D eigenvalue weighted by molar-refractivity contribution is -0.114. The van der Waals surface area contributed by atoms with E-state index in [9.17, 15) is 4.79 Å². The van der Waals surface area contributed by atoms with E-state index in [1.54, 1.807) is 10.6 Å². The summed E-state index contributed by atoms with van der Waals surface area (Å²) in [7, 11) is 0. The highest BCUT2D eigenvalue weighted by Gasteiger charge is 2.11. The molecule has 0 bridgehead atoms. The quantitative estimate of drug-likeness (QED) is 0.456. The summed E-state index contributed by atoms with van der Waals surface area (Å²) in [5.41, 5.74) is 2.38. The first-order chi connectivity index (χ1) is 13.1. The van der Waals surface area contributed by atoms with Crippen molar-refractivity contribution in [2.24, 2.45) is 0 Å². The SMILES string of the molecule is CC(=O)Nc1ccc(Sc2nc(Nc3cc(C)[nH]n3)cc3ncnn23)cc1. The van der Waals surface area contributed by atoms with Gasteiger partial charge in [0.1, 0.15) is 12.1 Å². The summed E-state index contributed by atoms with van der Waals surface area (Å²) in [5.74, 6) is 1.20. The summed E-state index contributed by atoms with van der Waals surface area (Å²) >= 11 is 1.45. The van der Waals surface area contributed by atoms with Crippen LogP contribution >= 0.6 is 11.8 Å². The van der Waals surface area contributed by atoms with Gasteiger partial charge >= 0.3 is 0 Å². The van der Waals surface area contributed by atoms with Crippen molar-refractivity contribution in [2.45, 2.75) is 23.9 Å². The third-order valence-electron chi connectivity index (χ3n) is 3.58. The van der Waals surface area contributed by atoms with Crippen molar-refractivity contribution in [3.05, 3.63) is 48.4 Å². The number of hydrogen-bond donors (Lipinski definition) is 3. The number of aromatic nitrogens is 6. The van der Waals surface area contributed by atoms with Crippen LogP contribution in [0.4, 0.5) is 17.3 Å². The molecule has 3 heterocycles. The van der Waals surface area contributed by atoms with Gasteiger partial charge in [-0.3, -0.25) is 9.89 Å². The van der Waals surface area contributed by atoms with Gasteiger partial charge < -0.3 is 10.6 Å². The Morgan fingerprint density at radius 3 is 2.70 bits per heavy atom. The first kappa shape index (κ1) is 17.0. The molecule has 0 saturated carbocycles. The summed E-state index contributed by atoms with van der Waals surface area (Å²) < 4.78 is 1.67. The zero-order chi connectivity index (χ0) is 18.8. The van der Waals surface area contributed by atoms with Gasteiger partial charge in [0.05, 0.1) is 0 Å². The lowest BCUT2D eigenvalue weighted by Crippen LogP contribution is -2.05. The lowest BCUT2D eigenvalue weighted by atomic mass is 10.3. The van der Waals surface area contributed by atoms with Gasteiger partial charge in [0.25, 0.3) is 0 Å². The zero-order valence-corrected chi connectivity index (χ0v) is 15.4. The van der Waals surface area contributed by atoms with Crippen molar-refractivity contribution in [2.75, 3.05) is 10.6 Å². The standard InChI is InChI=1S/C17H16N8OS/c1-10-7-15(24-23-10)21-14-8-16-18-9-19-25(16)17(22-14)27-13-5-3-12(4-6-13)20-11(2)26/h3-9H,1-2H3,(H,20,26)(H2,21,23,24). The first-order valence-corrected chi connectivity index (χ1v) is 8.94. The fourth-order valence-corrected chi connectivity index (χ4v) is 3.31. The van der Waals surface area contributed by atoms with Crippen molar-refractivity contribution < 1.29 is 4.79 Å². The number of rotatable bonds is 5. The Kier molecular flexibility index (Phi) is 4.47. The minimum atomic E-state index is -0.103. The number of anilines is 3. The molecule has 0 aliphatic rings. The van der Waals surface area contributed by atoms with Crippen molar-refractivity contribution in [1.29, 1.82) is 0 Å². The summed E-state index contributed by atoms with van der Waals surface area (Å²) in [6.45, 7) is 3.41. The highest BCUT2D eigenvalue weighted by Crippen LogP contribution is 2.29. The molecule has 3 N–H and O–H groups in total. The predicted octanol–water partition coefficient (Wildman–Crippen LogP) is 3.01. The minimum absolute atomic E-state index is 0.103. The molecule has 0 aliphatic heterocycles. The Hall–Kier alpha value is -3.40. The Morgan fingerprint density at radius 2 is 2.00 bits per heavy atom. The molecule has 1 aromatic carbocycles. The smallest absolute Gasteiger partial charge is 0.221 e. The number of aryl methyl sites for hydroxylation is 1. The van der Waals surface area contributed by atoms with Crippen LogP contribution in [0.3, 0.4) is 0 Å². The van der Waals surface area contributed by atoms with Crippen LogP contribution < -0.4 is 10.6 Å². The monoisotopic (exact) mass is 380 g/mol. The Balaban J connectivity index is 1.62. The molecule has 0 radical (unpaired) electrons. The lowest BCUT2D eigenvalue weighted by Gasteiger charge is -2.08. The van der Waals surface area contributed by atoms with Gasteiger partial charge in [0.2, 0.25) is 5.91 Å². The van der Waals surface area contributed by atoms with E-state index in [0.717, 1.165) is 16.3 Å². The summed E-state index contributed by atoms with van der Waals surface area (Å²) in [4.78, 5) is 21.0. The molecule has 0 saturated heterocycles. The Morgan fingerprint density at radius 1 is 1.19 bits per heavy atom. The topological polar surface area (TPSA) is 113 Å². The average molecular weight is 380 g/mol. The van der Waals surface area contributed by atoms with Crippen molar-refractivity contribution >= 4 is 40.6 Å². The van der Waals surface area contributed by atoms with Gasteiger partial charge in [0.15, 0.2) is 16.6 Å². The van der Waals surface area contributed by atoms with E-state index in [-0.39, 0.29) is 5.91 Å². The summed E-state index contributed by atoms with van der Waals surface area (Å²) in [6.07, 6.45) is 1.49. The number of carbonyl (C=O) groups excluding carboxylic acids is 1. The molecule has 3 aromatic heterocycles. The first-order valence-electron chi connectivity index (χ1n) is 8.12. The summed E-state index contributed by atoms with van der Waals surface area (Å²) in [5, 5.41) is 17.9. The highest BCUT2D eigenvalue weighted by atomic mass is 32.2. The molecular formula is C17H16N8OS. The van der Waals surface area contributed by atoms with Crippen LogP contribution in [-0.2, 0) is 4.79 Å². The predicted molar refractivity (Wildman–Crippen MR) is 102 cm³/mol. The molecule has 4 rings (SSSR count). The molecule has 0 atom stereocenters. The zero-order valence-electron chi connectivity index (χ0n) is 14.6. The molecule has 1 amide bonds. The number of hydrogen-bond acceptors (Lipinski definition) is 7. The summed E-state index contributed by atoms with van der Waals surface area (Å²) in [6, 6.07) is 11.2. The molecular weight excluding hydrogens is 364 g/mol. The van der Waals surface area contributed by atoms with Gasteiger partial charge in [-0.1, -0.05) is 0 Å². The van der Waals surface area contributed by atoms with Crippen molar-refractivity contribution in [3.63, 3.8) is 0 Å². The van der Waals surface area contributed by atoms with Crippen LogP contribution in [0.2, 0.25) is 0 Å². The molecule has 0 fully saturated rings. The van der Waals surface area contributed by atoms with Gasteiger partial charge in [-0.2, -0.15) is 14.7 Å². The van der Waals surface area contributed by atoms with Gasteiger partial charge in [-0.25, -0.2) is 9.97 Å². The number of carbonyl (C=O) groups is 1. The maximum Gasteiger partial charge on any atom is 0.221 e. The minimum Gasteiger partial charge on any atom is -0.326 e. The third kappa shape index (κ3) is 3.90. The normalized spacial score (nSPS) is 10.9. The van der Waals surface area contributed by atoms with Gasteiger partial charge in [0, 0.05) is 35.3 Å². The van der Waals surface area contributed by atoms with E-state index in [0.29, 0.717) is 22.4 Å². The van der Waals surface area contributed by atoms with Crippen molar-refractivity contribution in [1.82, 2.24) is 29.8 Å². The molecule has 0 aliphatic carbocycles. The number of fused-ring (bicyclic) bond motifs is 1. The maximum atomic E-state index is 11.1. The van der Waals surface area contributed by atoms with E-state index in [1.807, 2.05) is 37.3 Å². The molecule has 136 valence electrons. The van der Waals surface area contributed by atoms with Crippen LogP contribution in [-0.4, -0.2) is 35.7 Å². The number of nitrogens with one attached hydrogen (secondary N) is 3. The van der Waals surface area contributed by atoms with E-state index in [1.165, 1.54) is 25.0 Å². The van der Waals surface area contributed by atoms with Crippen LogP contribution in [0, 0.1) is 6.92 Å². The fourth-order valence-electron chi connectivity index (χ4n) is 2.46. The molecule has 10 heteroatoms. The van der Waals surface area contributed by atoms with Crippen LogP contribution in [0.15, 0.2) is 52.8 Å². The van der Waals surface area contributed by atoms with E-state index in [4.69, 9.17) is 0 Å². The Bertz CT molecular complexity index is 1100. The second kappa shape index (κ2) is 7.08. The van der Waals surface area contributed by atoms with E-state index < -0.39 is 0 Å². The van der Waals surface area contributed by atoms with Gasteiger partial charge in [-0.15, -0.1) is 0 Å². The second-order valence-electron chi connectivity index (χ2n) is 5.82. The number of amides is 1. The third-order valence-corrected chi connectivity index (χ3v) is 4.54. The number of aromatic amines is 1. The van der Waals surface area contributed by atoms with Crippen LogP contribution in [0.5, 0.6) is 0 Å². The maximum absolute atomic E-state index is 11.1. The Labute approximate surface area is 158 Å². The number of H-pyrrole nitrogens is 1. The fraction of sp³-hybridized carbons (Fsp3) is 0.118. The second-order valence-corrected chi connectivity index (χ2v) is 6.86. The molecule has 0 spiro atoms. The largest absolute Gasteiger partial charge is 0.326 e. The van der Waals surface area contributed by atoms with E-state index in [2.05, 4.69) is 35.9 Å². The number of benzene rings is 1. The highest BCUT2D eigenvalue weighted by molar-refractivity contribution is 7.99. The number of nitrogens with zero attached hydrogens (tertiary/aromatic N) is 5. The van der Waals surface area contributed by atoms with Crippen molar-refractivity contribution in [3.8, 4) is 0 Å². The molecule has 27 heavy (non-hydrogen) atoms. The molecule has 0 unspecified atom stereocenters. The van der Waals surface area contributed by atoms with Gasteiger partial charge in [-0.05, 0) is 43.0 Å².